The van der Waals surface area contributed by atoms with Gasteiger partial charge in [-0.1, -0.05) is 11.8 Å². The Bertz CT molecular complexity index is 782. The first-order valence-corrected chi connectivity index (χ1v) is 8.58. The fourth-order valence-corrected chi connectivity index (χ4v) is 4.61. The Labute approximate surface area is 123 Å². The topological polar surface area (TPSA) is 0 Å². The average Bonchev–Trinajstić information content (AvgIpc) is 3.05. The van der Waals surface area contributed by atoms with Crippen molar-refractivity contribution in [1.82, 2.24) is 0 Å². The zero-order valence-electron chi connectivity index (χ0n) is 10.00. The van der Waals surface area contributed by atoms with Crippen LogP contribution in [0.3, 0.4) is 0 Å². The zero-order chi connectivity index (χ0) is 12.7. The molecule has 0 atom stereocenters. The molecule has 0 fully saturated rings. The molecular formula is C16H10S3. The lowest BCUT2D eigenvalue weighted by Crippen LogP contribution is -1.73. The summed E-state index contributed by atoms with van der Waals surface area (Å²) >= 11 is 5.43. The van der Waals surface area contributed by atoms with Crippen molar-refractivity contribution in [3.8, 4) is 0 Å². The second kappa shape index (κ2) is 4.67. The van der Waals surface area contributed by atoms with Crippen molar-refractivity contribution in [3.05, 3.63) is 59.3 Å². The minimum absolute atomic E-state index is 1.31. The van der Waals surface area contributed by atoms with E-state index in [-0.39, 0.29) is 0 Å². The van der Waals surface area contributed by atoms with Crippen LogP contribution in [0.1, 0.15) is 0 Å². The van der Waals surface area contributed by atoms with Crippen LogP contribution in [-0.4, -0.2) is 0 Å². The lowest BCUT2D eigenvalue weighted by Gasteiger charge is -2.02. The molecule has 0 aliphatic heterocycles. The molecule has 0 bridgehead atoms. The van der Waals surface area contributed by atoms with Crippen molar-refractivity contribution in [2.75, 3.05) is 0 Å². The average molecular weight is 298 g/mol. The normalized spacial score (nSPS) is 11.4. The summed E-state index contributed by atoms with van der Waals surface area (Å²) < 4.78 is 2.72. The molecule has 2 aromatic heterocycles. The third-order valence-electron chi connectivity index (χ3n) is 3.08. The summed E-state index contributed by atoms with van der Waals surface area (Å²) in [6.45, 7) is 0. The lowest BCUT2D eigenvalue weighted by atomic mass is 10.3. The molecule has 2 heterocycles. The Balaban J connectivity index is 1.72. The highest BCUT2D eigenvalue weighted by Gasteiger charge is 2.02. The number of hydrogen-bond acceptors (Lipinski definition) is 3. The summed E-state index contributed by atoms with van der Waals surface area (Å²) in [4.78, 5) is 2.61. The molecular weight excluding hydrogens is 288 g/mol. The molecule has 3 heteroatoms. The van der Waals surface area contributed by atoms with Gasteiger partial charge in [0, 0.05) is 19.2 Å². The molecule has 0 saturated carbocycles. The van der Waals surface area contributed by atoms with Gasteiger partial charge in [-0.25, -0.2) is 0 Å². The predicted molar refractivity (Wildman–Crippen MR) is 87.8 cm³/mol. The Morgan fingerprint density at radius 2 is 1.16 bits per heavy atom. The van der Waals surface area contributed by atoms with Crippen molar-refractivity contribution in [3.63, 3.8) is 0 Å². The number of thiophene rings is 2. The number of benzene rings is 2. The molecule has 0 N–H and O–H groups in total. The lowest BCUT2D eigenvalue weighted by molar-refractivity contribution is 1.46. The number of fused-ring (bicyclic) bond motifs is 2. The quantitative estimate of drug-likeness (QED) is 0.420. The minimum Gasteiger partial charge on any atom is -0.144 e. The maximum absolute atomic E-state index is 2.27. The standard InChI is InChI=1S/C16H10S3/c1-3-15-11(5-7-17-15)9-13(1)19-14-2-4-16-12(10-14)6-8-18-16/h1-10H. The van der Waals surface area contributed by atoms with Gasteiger partial charge in [-0.2, -0.15) is 0 Å². The second-order valence-electron chi connectivity index (χ2n) is 4.34. The zero-order valence-corrected chi connectivity index (χ0v) is 12.4. The van der Waals surface area contributed by atoms with E-state index in [0.717, 1.165) is 0 Å². The van der Waals surface area contributed by atoms with Gasteiger partial charge < -0.3 is 0 Å². The van der Waals surface area contributed by atoms with E-state index in [2.05, 4.69) is 59.3 Å². The van der Waals surface area contributed by atoms with E-state index in [1.165, 1.54) is 30.0 Å². The van der Waals surface area contributed by atoms with E-state index >= 15 is 0 Å². The van der Waals surface area contributed by atoms with Crippen molar-refractivity contribution in [2.45, 2.75) is 9.79 Å². The third kappa shape index (κ3) is 2.18. The summed E-state index contributed by atoms with van der Waals surface area (Å²) in [6, 6.07) is 17.8. The van der Waals surface area contributed by atoms with Gasteiger partial charge in [0.1, 0.15) is 0 Å². The molecule has 0 aliphatic carbocycles. The van der Waals surface area contributed by atoms with Crippen LogP contribution in [0.4, 0.5) is 0 Å². The second-order valence-corrected chi connectivity index (χ2v) is 7.38. The van der Waals surface area contributed by atoms with Gasteiger partial charge in [0.05, 0.1) is 0 Å². The van der Waals surface area contributed by atoms with Crippen LogP contribution in [0.15, 0.2) is 69.1 Å². The smallest absolute Gasteiger partial charge is 0.0343 e. The van der Waals surface area contributed by atoms with Gasteiger partial charge >= 0.3 is 0 Å². The highest BCUT2D eigenvalue weighted by atomic mass is 32.2. The molecule has 0 amide bonds. The molecule has 0 saturated heterocycles. The van der Waals surface area contributed by atoms with Crippen molar-refractivity contribution < 1.29 is 0 Å². The molecule has 4 aromatic rings. The van der Waals surface area contributed by atoms with Crippen LogP contribution in [-0.2, 0) is 0 Å². The van der Waals surface area contributed by atoms with Crippen LogP contribution >= 0.6 is 34.4 Å². The molecule has 0 radical (unpaired) electrons. The summed E-state index contributed by atoms with van der Waals surface area (Å²) in [7, 11) is 0. The Kier molecular flexibility index (Phi) is 2.84. The van der Waals surface area contributed by atoms with E-state index in [4.69, 9.17) is 0 Å². The summed E-state index contributed by atoms with van der Waals surface area (Å²) in [5, 5.41) is 6.98. The van der Waals surface area contributed by atoms with Gasteiger partial charge in [0.25, 0.3) is 0 Å². The number of hydrogen-bond donors (Lipinski definition) is 0. The van der Waals surface area contributed by atoms with Crippen LogP contribution in [0, 0.1) is 0 Å². The Hall–Kier alpha value is -1.29. The van der Waals surface area contributed by atoms with Gasteiger partial charge in [0.2, 0.25) is 0 Å². The Morgan fingerprint density at radius 1 is 0.632 bits per heavy atom. The number of rotatable bonds is 2. The molecule has 0 unspecified atom stereocenters. The fourth-order valence-electron chi connectivity index (χ4n) is 2.15. The third-order valence-corrected chi connectivity index (χ3v) is 5.86. The maximum Gasteiger partial charge on any atom is 0.0343 e. The van der Waals surface area contributed by atoms with E-state index in [1.807, 2.05) is 11.8 Å². The molecule has 0 aliphatic rings. The van der Waals surface area contributed by atoms with Crippen molar-refractivity contribution in [1.29, 1.82) is 0 Å². The molecule has 4 rings (SSSR count). The van der Waals surface area contributed by atoms with E-state index < -0.39 is 0 Å². The van der Waals surface area contributed by atoms with Gasteiger partial charge in [0.15, 0.2) is 0 Å². The van der Waals surface area contributed by atoms with Crippen molar-refractivity contribution >= 4 is 54.6 Å². The first-order chi connectivity index (χ1) is 9.38. The minimum atomic E-state index is 1.31. The first kappa shape index (κ1) is 11.5. The molecule has 19 heavy (non-hydrogen) atoms. The van der Waals surface area contributed by atoms with Crippen LogP contribution in [0.2, 0.25) is 0 Å². The van der Waals surface area contributed by atoms with Crippen molar-refractivity contribution in [2.24, 2.45) is 0 Å². The maximum atomic E-state index is 2.27. The van der Waals surface area contributed by atoms with E-state index in [1.54, 1.807) is 22.7 Å². The van der Waals surface area contributed by atoms with Gasteiger partial charge in [-0.15, -0.1) is 22.7 Å². The molecule has 0 nitrogen and oxygen atoms in total. The van der Waals surface area contributed by atoms with Crippen LogP contribution < -0.4 is 0 Å². The van der Waals surface area contributed by atoms with E-state index in [9.17, 15) is 0 Å². The molecule has 92 valence electrons. The summed E-state index contributed by atoms with van der Waals surface area (Å²) in [5.41, 5.74) is 0. The first-order valence-electron chi connectivity index (χ1n) is 6.01. The summed E-state index contributed by atoms with van der Waals surface area (Å²) in [5.74, 6) is 0. The van der Waals surface area contributed by atoms with Crippen LogP contribution in [0.5, 0.6) is 0 Å². The largest absolute Gasteiger partial charge is 0.144 e. The summed E-state index contributed by atoms with van der Waals surface area (Å²) in [6.07, 6.45) is 0. The molecule has 2 aromatic carbocycles. The predicted octanol–water partition coefficient (Wildman–Crippen LogP) is 6.27. The van der Waals surface area contributed by atoms with E-state index in [0.29, 0.717) is 0 Å². The highest BCUT2D eigenvalue weighted by molar-refractivity contribution is 7.99. The SMILES string of the molecule is c1cc2cc(Sc3ccc4sccc4c3)ccc2s1. The van der Waals surface area contributed by atoms with Gasteiger partial charge in [-0.3, -0.25) is 0 Å². The monoisotopic (exact) mass is 298 g/mol. The van der Waals surface area contributed by atoms with Gasteiger partial charge in [-0.05, 0) is 70.1 Å². The highest BCUT2D eigenvalue weighted by Crippen LogP contribution is 2.34. The molecule has 0 spiro atoms. The Morgan fingerprint density at radius 3 is 1.68 bits per heavy atom. The fraction of sp³-hybridized carbons (Fsp3) is 0. The van der Waals surface area contributed by atoms with Crippen LogP contribution in [0.25, 0.3) is 20.2 Å².